The van der Waals surface area contributed by atoms with Gasteiger partial charge in [0.15, 0.2) is 0 Å². The Morgan fingerprint density at radius 3 is 2.10 bits per heavy atom. The van der Waals surface area contributed by atoms with Crippen LogP contribution in [0.15, 0.2) is 18.2 Å². The number of benzene rings is 1. The summed E-state index contributed by atoms with van der Waals surface area (Å²) in [6.45, 7) is 4.10. The van der Waals surface area contributed by atoms with Crippen molar-refractivity contribution in [2.75, 3.05) is 63.8 Å². The number of likely N-dealkylation sites (tertiary alicyclic amines) is 1. The van der Waals surface area contributed by atoms with Gasteiger partial charge in [0.25, 0.3) is 6.10 Å². The number of aliphatic carboxylic acids is 1. The van der Waals surface area contributed by atoms with Crippen LogP contribution in [-0.4, -0.2) is 109 Å². The van der Waals surface area contributed by atoms with Crippen LogP contribution in [0.3, 0.4) is 0 Å². The minimum atomic E-state index is -5.76. The number of nitrogens with zero attached hydrogens (tertiary/aromatic N) is 4. The fourth-order valence-electron chi connectivity index (χ4n) is 5.98. The summed E-state index contributed by atoms with van der Waals surface area (Å²) < 4.78 is 80.4. The van der Waals surface area contributed by atoms with Gasteiger partial charge in [0, 0.05) is 63.1 Å². The fourth-order valence-corrected chi connectivity index (χ4v) is 6.15. The highest BCUT2D eigenvalue weighted by Crippen LogP contribution is 2.37. The quantitative estimate of drug-likeness (QED) is 0.446. The van der Waals surface area contributed by atoms with Crippen molar-refractivity contribution in [2.45, 2.75) is 44.3 Å². The van der Waals surface area contributed by atoms with Gasteiger partial charge >= 0.3 is 24.4 Å². The Bertz CT molecular complexity index is 1060. The number of carbonyl (C=O) groups excluding carboxylic acids is 1. The average Bonchev–Trinajstić information content (AvgIpc) is 3.35. The Morgan fingerprint density at radius 1 is 0.902 bits per heavy atom. The molecular weight excluding hydrogens is 582 g/mol. The molecule has 1 amide bonds. The molecular formula is C26H33ClF6N4O4. The second kappa shape index (κ2) is 12.8. The minimum Gasteiger partial charge on any atom is -0.480 e. The summed E-state index contributed by atoms with van der Waals surface area (Å²) in [6.07, 6.45) is -14.4. The van der Waals surface area contributed by atoms with Crippen LogP contribution in [0.4, 0.5) is 36.8 Å². The van der Waals surface area contributed by atoms with Gasteiger partial charge in [-0.2, -0.15) is 26.3 Å². The second-order valence-corrected chi connectivity index (χ2v) is 11.3. The molecule has 0 bridgehead atoms. The monoisotopic (exact) mass is 614 g/mol. The van der Waals surface area contributed by atoms with Crippen molar-refractivity contribution in [3.05, 3.63) is 28.8 Å². The summed E-state index contributed by atoms with van der Waals surface area (Å²) in [5.41, 5.74) is 1.95. The molecule has 0 radical (unpaired) electrons. The first kappa shape index (κ1) is 31.5. The van der Waals surface area contributed by atoms with Crippen LogP contribution in [0.5, 0.6) is 0 Å². The van der Waals surface area contributed by atoms with Crippen molar-refractivity contribution in [3.63, 3.8) is 0 Å². The van der Waals surface area contributed by atoms with E-state index in [-0.39, 0.29) is 32.7 Å². The summed E-state index contributed by atoms with van der Waals surface area (Å²) in [7, 11) is 0. The molecule has 1 atom stereocenters. The van der Waals surface area contributed by atoms with Crippen molar-refractivity contribution >= 4 is 29.4 Å². The minimum absolute atomic E-state index is 0.0678. The predicted molar refractivity (Wildman–Crippen MR) is 138 cm³/mol. The van der Waals surface area contributed by atoms with E-state index < -0.39 is 30.5 Å². The first-order chi connectivity index (χ1) is 19.2. The largest absolute Gasteiger partial charge is 0.480 e. The van der Waals surface area contributed by atoms with E-state index in [1.165, 1.54) is 0 Å². The van der Waals surface area contributed by atoms with E-state index in [0.29, 0.717) is 23.4 Å². The van der Waals surface area contributed by atoms with Crippen molar-refractivity contribution in [2.24, 2.45) is 11.8 Å². The third-order valence-corrected chi connectivity index (χ3v) is 8.33. The molecule has 8 nitrogen and oxygen atoms in total. The first-order valence-corrected chi connectivity index (χ1v) is 13.9. The molecule has 0 aliphatic carbocycles. The van der Waals surface area contributed by atoms with Crippen molar-refractivity contribution in [3.8, 4) is 0 Å². The van der Waals surface area contributed by atoms with Crippen molar-refractivity contribution in [1.29, 1.82) is 0 Å². The van der Waals surface area contributed by atoms with Crippen LogP contribution < -0.4 is 4.90 Å². The molecule has 1 N–H and O–H groups in total. The lowest BCUT2D eigenvalue weighted by atomic mass is 9.83. The summed E-state index contributed by atoms with van der Waals surface area (Å²) >= 11 is 6.32. The zero-order valence-corrected chi connectivity index (χ0v) is 23.0. The topological polar surface area (TPSA) is 76.6 Å². The Balaban J connectivity index is 1.30. The number of halogens is 7. The number of hydrogen-bond donors (Lipinski definition) is 1. The average molecular weight is 615 g/mol. The van der Waals surface area contributed by atoms with Crippen molar-refractivity contribution in [1.82, 2.24) is 14.7 Å². The number of piperazine rings is 1. The SMILES string of the molecule is O=C(O)CN1CCC(C2CCN(c3cc(Cl)ccc3CN3CCN(C(=O)OC(C(F)(F)F)C(F)(F)F)CC3)CC2)C1. The van der Waals surface area contributed by atoms with Gasteiger partial charge in [0.1, 0.15) is 0 Å². The lowest BCUT2D eigenvalue weighted by Crippen LogP contribution is -2.52. The van der Waals surface area contributed by atoms with E-state index in [4.69, 9.17) is 16.7 Å². The van der Waals surface area contributed by atoms with Crippen LogP contribution in [0, 0.1) is 11.8 Å². The summed E-state index contributed by atoms with van der Waals surface area (Å²) in [5.74, 6) is 0.169. The number of alkyl halides is 6. The number of carboxylic acid groups (broad SMARTS) is 1. The Morgan fingerprint density at radius 2 is 1.51 bits per heavy atom. The highest BCUT2D eigenvalue weighted by atomic mass is 35.5. The molecule has 3 aliphatic rings. The Hall–Kier alpha value is -2.45. The molecule has 230 valence electrons. The van der Waals surface area contributed by atoms with Crippen LogP contribution in [0.2, 0.25) is 5.02 Å². The normalized spacial score (nSPS) is 22.0. The number of anilines is 1. The van der Waals surface area contributed by atoms with Crippen LogP contribution in [-0.2, 0) is 16.1 Å². The first-order valence-electron chi connectivity index (χ1n) is 13.5. The number of hydrogen-bond acceptors (Lipinski definition) is 6. The maximum absolute atomic E-state index is 12.8. The molecule has 0 aromatic heterocycles. The van der Waals surface area contributed by atoms with Gasteiger partial charge in [0.05, 0.1) is 6.54 Å². The second-order valence-electron chi connectivity index (χ2n) is 10.9. The number of carboxylic acids is 1. The third kappa shape index (κ3) is 8.31. The predicted octanol–water partition coefficient (Wildman–Crippen LogP) is 4.71. The number of piperidine rings is 1. The zero-order valence-electron chi connectivity index (χ0n) is 22.3. The molecule has 3 heterocycles. The van der Waals surface area contributed by atoms with E-state index in [1.807, 2.05) is 21.9 Å². The summed E-state index contributed by atoms with van der Waals surface area (Å²) in [4.78, 5) is 30.2. The summed E-state index contributed by atoms with van der Waals surface area (Å²) in [5, 5.41) is 9.63. The van der Waals surface area contributed by atoms with Gasteiger partial charge in [-0.1, -0.05) is 17.7 Å². The van der Waals surface area contributed by atoms with E-state index >= 15 is 0 Å². The summed E-state index contributed by atoms with van der Waals surface area (Å²) in [6, 6.07) is 5.57. The van der Waals surface area contributed by atoms with Crippen molar-refractivity contribution < 1.29 is 45.8 Å². The van der Waals surface area contributed by atoms with Gasteiger partial charge in [-0.05, 0) is 55.3 Å². The Kier molecular flexibility index (Phi) is 9.85. The molecule has 3 saturated heterocycles. The van der Waals surface area contributed by atoms with Gasteiger partial charge in [-0.3, -0.25) is 14.6 Å². The lowest BCUT2D eigenvalue weighted by molar-refractivity contribution is -0.308. The highest BCUT2D eigenvalue weighted by Gasteiger charge is 2.60. The van der Waals surface area contributed by atoms with E-state index in [1.54, 1.807) is 6.07 Å². The smallest absolute Gasteiger partial charge is 0.434 e. The maximum Gasteiger partial charge on any atom is 0.434 e. The number of carbonyl (C=O) groups is 2. The van der Waals surface area contributed by atoms with Crippen LogP contribution in [0.25, 0.3) is 0 Å². The molecule has 15 heteroatoms. The van der Waals surface area contributed by atoms with E-state index in [9.17, 15) is 35.9 Å². The molecule has 0 saturated carbocycles. The molecule has 4 rings (SSSR count). The molecule has 3 aliphatic heterocycles. The zero-order chi connectivity index (χ0) is 29.9. The molecule has 3 fully saturated rings. The highest BCUT2D eigenvalue weighted by molar-refractivity contribution is 6.30. The number of amides is 1. The lowest BCUT2D eigenvalue weighted by Gasteiger charge is -2.38. The number of rotatable bonds is 7. The molecule has 1 aromatic rings. The van der Waals surface area contributed by atoms with Gasteiger partial charge in [0.2, 0.25) is 0 Å². The van der Waals surface area contributed by atoms with Crippen LogP contribution in [0.1, 0.15) is 24.8 Å². The fraction of sp³-hybridized carbons (Fsp3) is 0.692. The number of ether oxygens (including phenoxy) is 1. The van der Waals surface area contributed by atoms with Crippen LogP contribution >= 0.6 is 11.6 Å². The molecule has 1 unspecified atom stereocenters. The molecule has 0 spiro atoms. The molecule has 41 heavy (non-hydrogen) atoms. The van der Waals surface area contributed by atoms with Gasteiger partial charge in [-0.25, -0.2) is 4.79 Å². The van der Waals surface area contributed by atoms with E-state index in [2.05, 4.69) is 9.64 Å². The van der Waals surface area contributed by atoms with Gasteiger partial charge in [-0.15, -0.1) is 0 Å². The third-order valence-electron chi connectivity index (χ3n) is 8.10. The van der Waals surface area contributed by atoms with Gasteiger partial charge < -0.3 is 19.6 Å². The molecule has 1 aromatic carbocycles. The maximum atomic E-state index is 12.8. The Labute approximate surface area is 238 Å². The standard InChI is InChI=1S/C26H33ClF6N4O4/c27-20-2-1-19(15-34-9-11-37(12-10-34)24(40)41-23(25(28,29)30)26(31,32)33)21(13-20)36-7-4-17(5-8-36)18-3-6-35(14-18)16-22(38)39/h1-2,13,17-18,23H,3-12,14-16H2,(H,38,39). The van der Waals surface area contributed by atoms with E-state index in [0.717, 1.165) is 61.6 Å².